The average molecular weight is 416 g/mol. The van der Waals surface area contributed by atoms with Crippen LogP contribution < -0.4 is 4.74 Å². The van der Waals surface area contributed by atoms with E-state index in [0.717, 1.165) is 18.2 Å². The Kier molecular flexibility index (Phi) is 4.88. The molecule has 2 aromatic carbocycles. The molecule has 0 saturated carbocycles. The van der Waals surface area contributed by atoms with Crippen LogP contribution in [0.2, 0.25) is 0 Å². The third-order valence-electron chi connectivity index (χ3n) is 4.69. The van der Waals surface area contributed by atoms with Crippen LogP contribution in [-0.2, 0) is 23.0 Å². The normalized spacial score (nSPS) is 19.6. The Balaban J connectivity index is 2.09. The highest BCUT2D eigenvalue weighted by Gasteiger charge is 2.61. The molecule has 1 N–H and O–H groups in total. The van der Waals surface area contributed by atoms with Gasteiger partial charge < -0.3 is 9.84 Å². The van der Waals surface area contributed by atoms with E-state index in [-0.39, 0.29) is 11.3 Å². The number of benzene rings is 2. The summed E-state index contributed by atoms with van der Waals surface area (Å²) in [6.07, 6.45) is -9.63. The van der Waals surface area contributed by atoms with Crippen LogP contribution in [-0.4, -0.2) is 17.3 Å². The fourth-order valence-electron chi connectivity index (χ4n) is 3.25. The minimum atomic E-state index is -5.00. The molecule has 0 radical (unpaired) electrons. The van der Waals surface area contributed by atoms with Gasteiger partial charge in [-0.05, 0) is 47.9 Å². The second kappa shape index (κ2) is 6.82. The molecule has 1 unspecified atom stereocenters. The number of carbonyl (C=O) groups is 1. The lowest BCUT2D eigenvalue weighted by molar-refractivity contribution is -0.248. The summed E-state index contributed by atoms with van der Waals surface area (Å²) in [6, 6.07) is 6.99. The summed E-state index contributed by atoms with van der Waals surface area (Å²) in [5.74, 6) is -1.33. The summed E-state index contributed by atoms with van der Waals surface area (Å²) in [5, 5.41) is 8.83. The molecule has 0 saturated heterocycles. The molecule has 1 aliphatic rings. The summed E-state index contributed by atoms with van der Waals surface area (Å²) < 4.78 is 86.3. The molecule has 0 amide bonds. The zero-order valence-electron chi connectivity index (χ0n) is 14.9. The molecule has 2 aromatic rings. The Labute approximate surface area is 161 Å². The van der Waals surface area contributed by atoms with Crippen molar-refractivity contribution in [3.05, 3.63) is 70.8 Å². The molecule has 0 fully saturated rings. The van der Waals surface area contributed by atoms with E-state index in [9.17, 15) is 31.1 Å². The number of allylic oxidation sites excluding steroid dienone is 1. The van der Waals surface area contributed by atoms with Crippen LogP contribution in [0, 0.1) is 0 Å². The van der Waals surface area contributed by atoms with Crippen molar-refractivity contribution in [2.45, 2.75) is 31.3 Å². The molecule has 29 heavy (non-hydrogen) atoms. The third-order valence-corrected chi connectivity index (χ3v) is 4.69. The molecular weight excluding hydrogens is 402 g/mol. The second-order valence-corrected chi connectivity index (χ2v) is 6.67. The molecule has 0 aromatic heterocycles. The smallest absolute Gasteiger partial charge is 0.432 e. The molecule has 1 aliphatic heterocycles. The van der Waals surface area contributed by atoms with Crippen LogP contribution in [0.15, 0.2) is 48.5 Å². The van der Waals surface area contributed by atoms with E-state index in [2.05, 4.69) is 0 Å². The zero-order valence-corrected chi connectivity index (χ0v) is 14.9. The highest BCUT2D eigenvalue weighted by atomic mass is 19.4. The predicted octanol–water partition coefficient (Wildman–Crippen LogP) is 5.59. The third kappa shape index (κ3) is 3.81. The van der Waals surface area contributed by atoms with Crippen molar-refractivity contribution in [1.29, 1.82) is 0 Å². The summed E-state index contributed by atoms with van der Waals surface area (Å²) in [7, 11) is 0. The first-order valence-electron chi connectivity index (χ1n) is 8.31. The maximum atomic E-state index is 14.0. The lowest BCUT2D eigenvalue weighted by Crippen LogP contribution is -2.46. The number of hydrogen-bond acceptors (Lipinski definition) is 2. The van der Waals surface area contributed by atoms with Gasteiger partial charge in [-0.3, -0.25) is 0 Å². The molecule has 3 nitrogen and oxygen atoms in total. The van der Waals surface area contributed by atoms with E-state index in [1.165, 1.54) is 25.1 Å². The largest absolute Gasteiger partial charge is 0.478 e. The van der Waals surface area contributed by atoms with Gasteiger partial charge in [0.1, 0.15) is 5.75 Å². The van der Waals surface area contributed by atoms with Gasteiger partial charge in [0.2, 0.25) is 5.60 Å². The Morgan fingerprint density at radius 1 is 1.10 bits per heavy atom. The summed E-state index contributed by atoms with van der Waals surface area (Å²) in [6.45, 7) is 1.48. The number of rotatable bonds is 3. The summed E-state index contributed by atoms with van der Waals surface area (Å²) >= 11 is 0. The van der Waals surface area contributed by atoms with Crippen LogP contribution in [0.3, 0.4) is 0 Å². The number of hydrogen-bond donors (Lipinski definition) is 1. The van der Waals surface area contributed by atoms with Gasteiger partial charge in [0.05, 0.1) is 5.56 Å². The monoisotopic (exact) mass is 416 g/mol. The minimum absolute atomic E-state index is 0.119. The van der Waals surface area contributed by atoms with E-state index in [4.69, 9.17) is 9.84 Å². The van der Waals surface area contributed by atoms with Gasteiger partial charge in [-0.15, -0.1) is 0 Å². The van der Waals surface area contributed by atoms with Gasteiger partial charge in [-0.1, -0.05) is 18.2 Å². The van der Waals surface area contributed by atoms with E-state index >= 15 is 0 Å². The maximum Gasteiger partial charge on any atom is 0.432 e. The lowest BCUT2D eigenvalue weighted by atomic mass is 9.87. The lowest BCUT2D eigenvalue weighted by Gasteiger charge is -2.32. The number of ether oxygens (including phenoxy) is 1. The Hall–Kier alpha value is -2.97. The molecule has 1 heterocycles. The molecule has 0 bridgehead atoms. The van der Waals surface area contributed by atoms with Crippen molar-refractivity contribution in [3.63, 3.8) is 0 Å². The van der Waals surface area contributed by atoms with Crippen molar-refractivity contribution in [2.24, 2.45) is 0 Å². The topological polar surface area (TPSA) is 46.5 Å². The molecular formula is C20H14F6O3. The van der Waals surface area contributed by atoms with Gasteiger partial charge in [-0.2, -0.15) is 26.3 Å². The van der Waals surface area contributed by atoms with Crippen LogP contribution in [0.1, 0.15) is 29.2 Å². The predicted molar refractivity (Wildman–Crippen MR) is 91.2 cm³/mol. The van der Waals surface area contributed by atoms with E-state index < -0.39 is 41.5 Å². The quantitative estimate of drug-likeness (QED) is 0.525. The second-order valence-electron chi connectivity index (χ2n) is 6.67. The number of aliphatic carboxylic acids is 1. The fraction of sp³-hybridized carbons (Fsp3) is 0.250. The van der Waals surface area contributed by atoms with Crippen molar-refractivity contribution in [1.82, 2.24) is 0 Å². The summed E-state index contributed by atoms with van der Waals surface area (Å²) in [5.41, 5.74) is -4.04. The van der Waals surface area contributed by atoms with Gasteiger partial charge in [0.15, 0.2) is 0 Å². The number of fused-ring (bicyclic) bond motifs is 1. The van der Waals surface area contributed by atoms with Crippen LogP contribution in [0.4, 0.5) is 26.3 Å². The first-order chi connectivity index (χ1) is 13.3. The molecule has 0 aliphatic carbocycles. The van der Waals surface area contributed by atoms with Gasteiger partial charge >= 0.3 is 18.3 Å². The SMILES string of the molecule is C/C(=C/C(=O)O)c1ccc2c(c1)CC(c1cccc(C(F)(F)F)c1)(C(F)(F)F)O2. The molecule has 9 heteroatoms. The number of alkyl halides is 6. The van der Waals surface area contributed by atoms with E-state index in [1.54, 1.807) is 0 Å². The van der Waals surface area contributed by atoms with Gasteiger partial charge in [-0.25, -0.2) is 4.79 Å². The first-order valence-corrected chi connectivity index (χ1v) is 8.31. The van der Waals surface area contributed by atoms with Crippen molar-refractivity contribution in [2.75, 3.05) is 0 Å². The van der Waals surface area contributed by atoms with Gasteiger partial charge in [0.25, 0.3) is 0 Å². The summed E-state index contributed by atoms with van der Waals surface area (Å²) in [4.78, 5) is 10.8. The number of halogens is 6. The number of carboxylic acid groups (broad SMARTS) is 1. The van der Waals surface area contributed by atoms with Crippen molar-refractivity contribution in [3.8, 4) is 5.75 Å². The zero-order chi connectivity index (χ0) is 21.6. The maximum absolute atomic E-state index is 14.0. The molecule has 1 atom stereocenters. The van der Waals surface area contributed by atoms with Crippen LogP contribution in [0.5, 0.6) is 5.75 Å². The Morgan fingerprint density at radius 3 is 2.38 bits per heavy atom. The first kappa shape index (κ1) is 20.8. The standard InChI is InChI=1S/C20H14F6O3/c1-11(7-17(27)28)12-5-6-16-13(8-12)10-18(29-16,20(24,25)26)14-3-2-4-15(9-14)19(21,22)23/h2-9H,10H2,1H3,(H,27,28)/b11-7-. The van der Waals surface area contributed by atoms with Crippen LogP contribution >= 0.6 is 0 Å². The van der Waals surface area contributed by atoms with E-state index in [1.807, 2.05) is 0 Å². The number of carboxylic acids is 1. The van der Waals surface area contributed by atoms with Crippen molar-refractivity contribution >= 4 is 11.5 Å². The molecule has 154 valence electrons. The molecule has 0 spiro atoms. The Morgan fingerprint density at radius 2 is 1.79 bits per heavy atom. The van der Waals surface area contributed by atoms with Gasteiger partial charge in [0, 0.05) is 18.1 Å². The highest BCUT2D eigenvalue weighted by Crippen LogP contribution is 2.51. The minimum Gasteiger partial charge on any atom is -0.478 e. The van der Waals surface area contributed by atoms with E-state index in [0.29, 0.717) is 23.3 Å². The molecule has 3 rings (SSSR count). The average Bonchev–Trinajstić information content (AvgIpc) is 3.00. The Bertz CT molecular complexity index is 990. The van der Waals surface area contributed by atoms with Crippen LogP contribution in [0.25, 0.3) is 5.57 Å². The highest BCUT2D eigenvalue weighted by molar-refractivity contribution is 5.89. The van der Waals surface area contributed by atoms with Crippen molar-refractivity contribution < 1.29 is 41.0 Å². The fourth-order valence-corrected chi connectivity index (χ4v) is 3.25.